The maximum atomic E-state index is 10.6. The van der Waals surface area contributed by atoms with Gasteiger partial charge in [0.1, 0.15) is 11.4 Å². The standard InChI is InChI=1S/C12H11Cl3N4O/c1-2-9-10(17-5-20)12(16)19(18-9)11-7(14)3-6(13)4-8(11)15/h3-5H,2,16H2,1H3,(H,17,20). The lowest BCUT2D eigenvalue weighted by Crippen LogP contribution is -2.05. The Morgan fingerprint density at radius 3 is 2.45 bits per heavy atom. The van der Waals surface area contributed by atoms with Crippen molar-refractivity contribution < 1.29 is 4.79 Å². The van der Waals surface area contributed by atoms with Gasteiger partial charge in [-0.25, -0.2) is 4.68 Å². The van der Waals surface area contributed by atoms with E-state index < -0.39 is 0 Å². The fraction of sp³-hybridized carbons (Fsp3) is 0.167. The maximum Gasteiger partial charge on any atom is 0.211 e. The molecule has 1 amide bonds. The van der Waals surface area contributed by atoms with E-state index in [1.807, 2.05) is 6.92 Å². The fourth-order valence-electron chi connectivity index (χ4n) is 1.85. The van der Waals surface area contributed by atoms with Gasteiger partial charge in [-0.15, -0.1) is 0 Å². The molecule has 2 rings (SSSR count). The molecule has 0 aliphatic rings. The van der Waals surface area contributed by atoms with Crippen LogP contribution >= 0.6 is 34.8 Å². The summed E-state index contributed by atoms with van der Waals surface area (Å²) in [6.45, 7) is 1.90. The Kier molecular flexibility index (Phi) is 4.42. The van der Waals surface area contributed by atoms with Crippen molar-refractivity contribution in [1.29, 1.82) is 0 Å². The molecule has 0 radical (unpaired) electrons. The van der Waals surface area contributed by atoms with E-state index in [-0.39, 0.29) is 5.82 Å². The minimum Gasteiger partial charge on any atom is -0.382 e. The van der Waals surface area contributed by atoms with Crippen molar-refractivity contribution in [3.63, 3.8) is 0 Å². The van der Waals surface area contributed by atoms with Crippen molar-refractivity contribution in [2.45, 2.75) is 13.3 Å². The van der Waals surface area contributed by atoms with Gasteiger partial charge in [0.25, 0.3) is 0 Å². The first-order valence-corrected chi connectivity index (χ1v) is 6.85. The average Bonchev–Trinajstić information content (AvgIpc) is 2.67. The second-order valence-corrected chi connectivity index (χ2v) is 5.20. The molecule has 0 fully saturated rings. The number of aromatic nitrogens is 2. The van der Waals surface area contributed by atoms with E-state index in [0.29, 0.717) is 45.0 Å². The predicted octanol–water partition coefficient (Wildman–Crippen LogP) is 3.55. The summed E-state index contributed by atoms with van der Waals surface area (Å²) < 4.78 is 1.39. The molecule has 0 unspecified atom stereocenters. The molecule has 8 heteroatoms. The quantitative estimate of drug-likeness (QED) is 0.840. The van der Waals surface area contributed by atoms with Gasteiger partial charge in [0.05, 0.1) is 15.7 Å². The third kappa shape index (κ3) is 2.57. The summed E-state index contributed by atoms with van der Waals surface area (Å²) in [6.07, 6.45) is 1.14. The average molecular weight is 334 g/mol. The number of halogens is 3. The van der Waals surface area contributed by atoms with Crippen LogP contribution in [0.2, 0.25) is 15.1 Å². The molecule has 2 aromatic rings. The van der Waals surface area contributed by atoms with E-state index in [2.05, 4.69) is 10.4 Å². The second kappa shape index (κ2) is 5.91. The maximum absolute atomic E-state index is 10.6. The molecule has 1 heterocycles. The number of rotatable bonds is 4. The highest BCUT2D eigenvalue weighted by atomic mass is 35.5. The van der Waals surface area contributed by atoms with Crippen molar-refractivity contribution in [3.8, 4) is 5.69 Å². The Hall–Kier alpha value is -1.43. The molecule has 3 N–H and O–H groups in total. The fourth-order valence-corrected chi connectivity index (χ4v) is 2.83. The normalized spacial score (nSPS) is 10.6. The molecule has 0 aliphatic carbocycles. The molecule has 0 bridgehead atoms. The Morgan fingerprint density at radius 2 is 1.95 bits per heavy atom. The van der Waals surface area contributed by atoms with Gasteiger partial charge in [-0.3, -0.25) is 4.79 Å². The zero-order valence-electron chi connectivity index (χ0n) is 10.5. The van der Waals surface area contributed by atoms with Gasteiger partial charge in [0, 0.05) is 5.02 Å². The van der Waals surface area contributed by atoms with Crippen LogP contribution in [0.1, 0.15) is 12.6 Å². The highest BCUT2D eigenvalue weighted by molar-refractivity contribution is 6.40. The SMILES string of the molecule is CCc1nn(-c2c(Cl)cc(Cl)cc2Cl)c(N)c1NC=O. The Morgan fingerprint density at radius 1 is 1.35 bits per heavy atom. The van der Waals surface area contributed by atoms with Gasteiger partial charge in [0.15, 0.2) is 5.82 Å². The first-order valence-electron chi connectivity index (χ1n) is 5.72. The van der Waals surface area contributed by atoms with E-state index in [1.54, 1.807) is 12.1 Å². The number of nitrogens with one attached hydrogen (secondary N) is 1. The molecule has 0 saturated carbocycles. The smallest absolute Gasteiger partial charge is 0.211 e. The van der Waals surface area contributed by atoms with E-state index in [1.165, 1.54) is 4.68 Å². The molecule has 1 aromatic heterocycles. The number of anilines is 2. The number of hydrogen-bond donors (Lipinski definition) is 2. The summed E-state index contributed by atoms with van der Waals surface area (Å²) in [5, 5.41) is 7.91. The van der Waals surface area contributed by atoms with Crippen LogP contribution in [-0.2, 0) is 11.2 Å². The molecule has 20 heavy (non-hydrogen) atoms. The summed E-state index contributed by atoms with van der Waals surface area (Å²) in [4.78, 5) is 10.6. The number of nitrogen functional groups attached to an aromatic ring is 1. The summed E-state index contributed by atoms with van der Waals surface area (Å²) in [7, 11) is 0. The van der Waals surface area contributed by atoms with Crippen molar-refractivity contribution in [2.24, 2.45) is 0 Å². The van der Waals surface area contributed by atoms with Gasteiger partial charge < -0.3 is 11.1 Å². The van der Waals surface area contributed by atoms with Gasteiger partial charge in [-0.05, 0) is 18.6 Å². The van der Waals surface area contributed by atoms with Crippen LogP contribution in [0.25, 0.3) is 5.69 Å². The topological polar surface area (TPSA) is 72.9 Å². The summed E-state index contributed by atoms with van der Waals surface area (Å²) in [6, 6.07) is 3.09. The van der Waals surface area contributed by atoms with Crippen molar-refractivity contribution in [1.82, 2.24) is 9.78 Å². The number of carbonyl (C=O) groups excluding carboxylic acids is 1. The molecular formula is C12H11Cl3N4O. The Balaban J connectivity index is 2.68. The highest BCUT2D eigenvalue weighted by Gasteiger charge is 2.19. The lowest BCUT2D eigenvalue weighted by Gasteiger charge is -2.09. The second-order valence-electron chi connectivity index (χ2n) is 3.95. The Labute approximate surface area is 130 Å². The van der Waals surface area contributed by atoms with Crippen molar-refractivity contribution in [3.05, 3.63) is 32.9 Å². The summed E-state index contributed by atoms with van der Waals surface area (Å²) in [5.41, 5.74) is 7.51. The van der Waals surface area contributed by atoms with Crippen LogP contribution in [0.15, 0.2) is 12.1 Å². The third-order valence-corrected chi connectivity index (χ3v) is 3.52. The molecule has 0 spiro atoms. The molecule has 5 nitrogen and oxygen atoms in total. The minimum atomic E-state index is 0.250. The van der Waals surface area contributed by atoms with Crippen LogP contribution in [-0.4, -0.2) is 16.2 Å². The van der Waals surface area contributed by atoms with E-state index in [0.717, 1.165) is 0 Å². The monoisotopic (exact) mass is 332 g/mol. The van der Waals surface area contributed by atoms with Crippen molar-refractivity contribution in [2.75, 3.05) is 11.1 Å². The molecular weight excluding hydrogens is 323 g/mol. The largest absolute Gasteiger partial charge is 0.382 e. The number of nitrogens with zero attached hydrogens (tertiary/aromatic N) is 2. The van der Waals surface area contributed by atoms with Crippen LogP contribution < -0.4 is 11.1 Å². The highest BCUT2D eigenvalue weighted by Crippen LogP contribution is 2.35. The molecule has 106 valence electrons. The molecule has 0 saturated heterocycles. The summed E-state index contributed by atoms with van der Waals surface area (Å²) in [5.74, 6) is 0.250. The van der Waals surface area contributed by atoms with Crippen LogP contribution in [0, 0.1) is 0 Å². The predicted molar refractivity (Wildman–Crippen MR) is 82.1 cm³/mol. The molecule has 0 atom stereocenters. The van der Waals surface area contributed by atoms with Crippen LogP contribution in [0.4, 0.5) is 11.5 Å². The molecule has 1 aromatic carbocycles. The van der Waals surface area contributed by atoms with Gasteiger partial charge in [-0.1, -0.05) is 41.7 Å². The number of amides is 1. The lowest BCUT2D eigenvalue weighted by atomic mass is 10.3. The first kappa shape index (κ1) is 15.0. The zero-order valence-corrected chi connectivity index (χ0v) is 12.7. The summed E-state index contributed by atoms with van der Waals surface area (Å²) >= 11 is 18.2. The third-order valence-electron chi connectivity index (χ3n) is 2.73. The lowest BCUT2D eigenvalue weighted by molar-refractivity contribution is -0.105. The van der Waals surface area contributed by atoms with Gasteiger partial charge in [-0.2, -0.15) is 5.10 Å². The van der Waals surface area contributed by atoms with E-state index in [4.69, 9.17) is 40.5 Å². The molecule has 0 aliphatic heterocycles. The van der Waals surface area contributed by atoms with E-state index in [9.17, 15) is 4.79 Å². The van der Waals surface area contributed by atoms with Crippen LogP contribution in [0.3, 0.4) is 0 Å². The number of aryl methyl sites for hydroxylation is 1. The van der Waals surface area contributed by atoms with Gasteiger partial charge in [0.2, 0.25) is 6.41 Å². The van der Waals surface area contributed by atoms with Gasteiger partial charge >= 0.3 is 0 Å². The minimum absolute atomic E-state index is 0.250. The van der Waals surface area contributed by atoms with Crippen LogP contribution in [0.5, 0.6) is 0 Å². The first-order chi connectivity index (χ1) is 9.49. The van der Waals surface area contributed by atoms with E-state index >= 15 is 0 Å². The van der Waals surface area contributed by atoms with Crippen molar-refractivity contribution >= 4 is 52.7 Å². The zero-order chi connectivity index (χ0) is 14.9. The number of benzene rings is 1. The number of nitrogens with two attached hydrogens (primary N) is 1. The number of carbonyl (C=O) groups is 1. The number of hydrogen-bond acceptors (Lipinski definition) is 3. The Bertz CT molecular complexity index is 646.